The number of nitrogens with zero attached hydrogens (tertiary/aromatic N) is 2. The van der Waals surface area contributed by atoms with Gasteiger partial charge in [0.15, 0.2) is 5.13 Å². The Morgan fingerprint density at radius 2 is 2.24 bits per heavy atom. The molecule has 1 aromatic carbocycles. The lowest BCUT2D eigenvalue weighted by Crippen LogP contribution is -2.27. The van der Waals surface area contributed by atoms with Crippen LogP contribution in [0.4, 0.5) is 10.8 Å². The number of thiazole rings is 1. The lowest BCUT2D eigenvalue weighted by atomic mass is 10.2. The van der Waals surface area contributed by atoms with Gasteiger partial charge < -0.3 is 5.73 Å². The maximum absolute atomic E-state index is 11.5. The number of hydrogen-bond donors (Lipinski definition) is 1. The summed E-state index contributed by atoms with van der Waals surface area (Å²) in [6.45, 7) is 6.23. The first-order valence-corrected chi connectivity index (χ1v) is 8.59. The molecule has 0 radical (unpaired) electrons. The van der Waals surface area contributed by atoms with Crippen LogP contribution in [0.2, 0.25) is 0 Å². The van der Waals surface area contributed by atoms with Crippen LogP contribution in [0.3, 0.4) is 0 Å². The molecule has 0 saturated carbocycles. The zero-order chi connectivity index (χ0) is 15.4. The van der Waals surface area contributed by atoms with Gasteiger partial charge in [0.05, 0.1) is 5.69 Å². The summed E-state index contributed by atoms with van der Waals surface area (Å²) in [5.74, 6) is 0.800. The SMILES string of the molecule is CCN(C(C)=O)c1nc(CSc2cc(N)ccc2C)cs1. The number of aromatic nitrogens is 1. The number of nitrogens with two attached hydrogens (primary N) is 1. The standard InChI is InChI=1S/C15H19N3OS2/c1-4-18(11(3)19)15-17-13(9-21-15)8-20-14-7-12(16)6-5-10(14)2/h5-7,9H,4,8,16H2,1-3H3. The fraction of sp³-hybridized carbons (Fsp3) is 0.333. The molecule has 112 valence electrons. The summed E-state index contributed by atoms with van der Waals surface area (Å²) in [5, 5.41) is 2.78. The second kappa shape index (κ2) is 6.95. The molecule has 0 atom stereocenters. The second-order valence-electron chi connectivity index (χ2n) is 4.70. The van der Waals surface area contributed by atoms with Gasteiger partial charge in [0, 0.05) is 35.2 Å². The average molecular weight is 321 g/mol. The van der Waals surface area contributed by atoms with Gasteiger partial charge in [0.1, 0.15) is 0 Å². The summed E-state index contributed by atoms with van der Waals surface area (Å²) in [5.41, 5.74) is 8.79. The molecule has 0 bridgehead atoms. The van der Waals surface area contributed by atoms with Crippen LogP contribution in [0.15, 0.2) is 28.5 Å². The minimum atomic E-state index is 0.0257. The first-order valence-electron chi connectivity index (χ1n) is 6.72. The summed E-state index contributed by atoms with van der Waals surface area (Å²) in [7, 11) is 0. The molecule has 1 amide bonds. The molecular weight excluding hydrogens is 302 g/mol. The number of anilines is 2. The van der Waals surface area contributed by atoms with Crippen LogP contribution in [0.25, 0.3) is 0 Å². The number of amides is 1. The van der Waals surface area contributed by atoms with Crippen LogP contribution < -0.4 is 10.6 Å². The van der Waals surface area contributed by atoms with Gasteiger partial charge in [-0.15, -0.1) is 23.1 Å². The number of aryl methyl sites for hydroxylation is 1. The molecule has 21 heavy (non-hydrogen) atoms. The van der Waals surface area contributed by atoms with E-state index in [-0.39, 0.29) is 5.91 Å². The second-order valence-corrected chi connectivity index (χ2v) is 6.55. The zero-order valence-electron chi connectivity index (χ0n) is 12.4. The minimum Gasteiger partial charge on any atom is -0.399 e. The quantitative estimate of drug-likeness (QED) is 0.674. The number of nitrogen functional groups attached to an aromatic ring is 1. The normalized spacial score (nSPS) is 10.6. The highest BCUT2D eigenvalue weighted by molar-refractivity contribution is 7.98. The number of thioether (sulfide) groups is 1. The highest BCUT2D eigenvalue weighted by Gasteiger charge is 2.13. The van der Waals surface area contributed by atoms with Crippen molar-refractivity contribution in [2.45, 2.75) is 31.4 Å². The molecule has 6 heteroatoms. The topological polar surface area (TPSA) is 59.2 Å². The molecule has 1 aromatic heterocycles. The van der Waals surface area contributed by atoms with E-state index < -0.39 is 0 Å². The van der Waals surface area contributed by atoms with Crippen LogP contribution in [-0.4, -0.2) is 17.4 Å². The van der Waals surface area contributed by atoms with Crippen LogP contribution in [-0.2, 0) is 10.5 Å². The van der Waals surface area contributed by atoms with E-state index in [1.807, 2.05) is 30.5 Å². The Labute approximate surface area is 133 Å². The molecule has 4 nitrogen and oxygen atoms in total. The van der Waals surface area contributed by atoms with E-state index >= 15 is 0 Å². The summed E-state index contributed by atoms with van der Waals surface area (Å²) in [6, 6.07) is 5.92. The largest absolute Gasteiger partial charge is 0.399 e. The molecule has 1 heterocycles. The lowest BCUT2D eigenvalue weighted by Gasteiger charge is -2.14. The number of rotatable bonds is 5. The zero-order valence-corrected chi connectivity index (χ0v) is 14.1. The van der Waals surface area contributed by atoms with Crippen molar-refractivity contribution in [2.24, 2.45) is 0 Å². The molecule has 2 N–H and O–H groups in total. The number of hydrogen-bond acceptors (Lipinski definition) is 5. The monoisotopic (exact) mass is 321 g/mol. The fourth-order valence-corrected chi connectivity index (χ4v) is 3.91. The molecule has 0 aliphatic rings. The van der Waals surface area contributed by atoms with Crippen LogP contribution in [0, 0.1) is 6.92 Å². The Hall–Kier alpha value is -1.53. The molecule has 0 aliphatic carbocycles. The summed E-state index contributed by atoms with van der Waals surface area (Å²) >= 11 is 3.23. The third-order valence-corrected chi connectivity index (χ3v) is 5.16. The minimum absolute atomic E-state index is 0.0257. The van der Waals surface area contributed by atoms with E-state index in [0.717, 1.165) is 22.3 Å². The molecule has 0 spiro atoms. The van der Waals surface area contributed by atoms with Gasteiger partial charge in [0.2, 0.25) is 5.91 Å². The Morgan fingerprint density at radius 1 is 1.48 bits per heavy atom. The fourth-order valence-electron chi connectivity index (χ4n) is 1.90. The van der Waals surface area contributed by atoms with Crippen LogP contribution in [0.5, 0.6) is 0 Å². The van der Waals surface area contributed by atoms with E-state index in [4.69, 9.17) is 5.73 Å². The predicted molar refractivity (Wildman–Crippen MR) is 91.0 cm³/mol. The summed E-state index contributed by atoms with van der Waals surface area (Å²) < 4.78 is 0. The van der Waals surface area contributed by atoms with Gasteiger partial charge >= 0.3 is 0 Å². The number of carbonyl (C=O) groups is 1. The third kappa shape index (κ3) is 3.98. The smallest absolute Gasteiger partial charge is 0.225 e. The third-order valence-electron chi connectivity index (χ3n) is 3.05. The molecule has 0 aliphatic heterocycles. The molecule has 0 fully saturated rings. The highest BCUT2D eigenvalue weighted by Crippen LogP contribution is 2.29. The number of benzene rings is 1. The van der Waals surface area contributed by atoms with E-state index in [1.165, 1.54) is 21.8 Å². The van der Waals surface area contributed by atoms with Gasteiger partial charge in [-0.05, 0) is 31.5 Å². The molecule has 0 unspecified atom stereocenters. The Balaban J connectivity index is 2.06. The van der Waals surface area contributed by atoms with Crippen molar-refractivity contribution in [1.29, 1.82) is 0 Å². The average Bonchev–Trinajstić information content (AvgIpc) is 2.89. The van der Waals surface area contributed by atoms with Crippen molar-refractivity contribution in [3.63, 3.8) is 0 Å². The Morgan fingerprint density at radius 3 is 2.90 bits per heavy atom. The summed E-state index contributed by atoms with van der Waals surface area (Å²) in [6.07, 6.45) is 0. The van der Waals surface area contributed by atoms with Crippen molar-refractivity contribution < 1.29 is 4.79 Å². The van der Waals surface area contributed by atoms with Gasteiger partial charge in [-0.3, -0.25) is 9.69 Å². The van der Waals surface area contributed by atoms with E-state index in [2.05, 4.69) is 11.9 Å². The van der Waals surface area contributed by atoms with E-state index in [1.54, 1.807) is 23.6 Å². The van der Waals surface area contributed by atoms with Crippen molar-refractivity contribution in [3.05, 3.63) is 34.8 Å². The van der Waals surface area contributed by atoms with Crippen molar-refractivity contribution in [2.75, 3.05) is 17.2 Å². The van der Waals surface area contributed by atoms with Gasteiger partial charge in [0.25, 0.3) is 0 Å². The Bertz CT molecular complexity index is 640. The number of carbonyl (C=O) groups excluding carboxylic acids is 1. The maximum atomic E-state index is 11.5. The predicted octanol–water partition coefficient (Wildman–Crippen LogP) is 3.70. The summed E-state index contributed by atoms with van der Waals surface area (Å²) in [4.78, 5) is 18.9. The molecule has 0 saturated heterocycles. The van der Waals surface area contributed by atoms with Crippen molar-refractivity contribution >= 4 is 39.8 Å². The van der Waals surface area contributed by atoms with E-state index in [0.29, 0.717) is 6.54 Å². The maximum Gasteiger partial charge on any atom is 0.225 e. The lowest BCUT2D eigenvalue weighted by molar-refractivity contribution is -0.116. The van der Waals surface area contributed by atoms with Crippen molar-refractivity contribution in [3.8, 4) is 0 Å². The first kappa shape index (κ1) is 15.9. The van der Waals surface area contributed by atoms with Gasteiger partial charge in [-0.1, -0.05) is 6.07 Å². The van der Waals surface area contributed by atoms with Crippen molar-refractivity contribution in [1.82, 2.24) is 4.98 Å². The molecule has 2 aromatic rings. The highest BCUT2D eigenvalue weighted by atomic mass is 32.2. The van der Waals surface area contributed by atoms with E-state index in [9.17, 15) is 4.79 Å². The van der Waals surface area contributed by atoms with Gasteiger partial charge in [-0.25, -0.2) is 4.98 Å². The van der Waals surface area contributed by atoms with Crippen LogP contribution in [0.1, 0.15) is 25.1 Å². The Kier molecular flexibility index (Phi) is 5.25. The molecular formula is C15H19N3OS2. The molecule has 2 rings (SSSR count). The van der Waals surface area contributed by atoms with Gasteiger partial charge in [-0.2, -0.15) is 0 Å². The first-order chi connectivity index (χ1) is 10.0. The van der Waals surface area contributed by atoms with Crippen LogP contribution >= 0.6 is 23.1 Å².